The second kappa shape index (κ2) is 7.25. The molecule has 5 nitrogen and oxygen atoms in total. The monoisotopic (exact) mass is 292 g/mol. The van der Waals surface area contributed by atoms with Gasteiger partial charge >= 0.3 is 0 Å². The van der Waals surface area contributed by atoms with E-state index in [4.69, 9.17) is 4.52 Å². The molecule has 2 heterocycles. The topological polar surface area (TPSA) is 54.2 Å². The average molecular weight is 292 g/mol. The van der Waals surface area contributed by atoms with E-state index in [9.17, 15) is 0 Å². The minimum atomic E-state index is 0.516. The molecule has 0 bridgehead atoms. The lowest BCUT2D eigenvalue weighted by Gasteiger charge is -2.17. The Hall–Kier alpha value is -1.10. The van der Waals surface area contributed by atoms with Gasteiger partial charge in [0.05, 0.1) is 0 Å². The van der Waals surface area contributed by atoms with Gasteiger partial charge in [0.25, 0.3) is 5.95 Å². The summed E-state index contributed by atoms with van der Waals surface area (Å²) >= 11 is 0. The van der Waals surface area contributed by atoms with Crippen molar-refractivity contribution in [2.45, 2.75) is 64.3 Å². The zero-order valence-electron chi connectivity index (χ0n) is 13.2. The summed E-state index contributed by atoms with van der Waals surface area (Å²) in [5, 5.41) is 7.84. The number of nitrogens with one attached hydrogen (secondary N) is 1. The normalized spacial score (nSPS) is 21.3. The van der Waals surface area contributed by atoms with E-state index in [0.29, 0.717) is 6.04 Å². The molecular weight excluding hydrogens is 264 g/mol. The van der Waals surface area contributed by atoms with Crippen LogP contribution in [0.25, 0.3) is 0 Å². The van der Waals surface area contributed by atoms with Crippen LogP contribution in [-0.4, -0.2) is 35.8 Å². The van der Waals surface area contributed by atoms with Crippen molar-refractivity contribution in [2.75, 3.05) is 24.5 Å². The Morgan fingerprint density at radius 3 is 2.67 bits per heavy atom. The van der Waals surface area contributed by atoms with Crippen LogP contribution in [-0.2, 0) is 6.42 Å². The zero-order valence-corrected chi connectivity index (χ0v) is 13.2. The maximum absolute atomic E-state index is 5.50. The highest BCUT2D eigenvalue weighted by atomic mass is 16.5. The molecular formula is C16H28N4O. The Bertz CT molecular complexity index is 422. The molecule has 0 spiro atoms. The Labute approximate surface area is 127 Å². The van der Waals surface area contributed by atoms with E-state index < -0.39 is 0 Å². The molecule has 0 radical (unpaired) electrons. The smallest absolute Gasteiger partial charge is 0.266 e. The number of anilines is 1. The van der Waals surface area contributed by atoms with Gasteiger partial charge in [0.15, 0.2) is 0 Å². The number of nitrogens with zero attached hydrogens (tertiary/aromatic N) is 3. The largest absolute Gasteiger partial charge is 0.338 e. The lowest BCUT2D eigenvalue weighted by Crippen LogP contribution is -2.33. The Kier molecular flexibility index (Phi) is 5.12. The Morgan fingerprint density at radius 1 is 1.24 bits per heavy atom. The first-order valence-corrected chi connectivity index (χ1v) is 8.67. The maximum Gasteiger partial charge on any atom is 0.266 e. The summed E-state index contributed by atoms with van der Waals surface area (Å²) in [6.07, 6.45) is 9.87. The molecule has 3 rings (SSSR count). The van der Waals surface area contributed by atoms with Gasteiger partial charge in [-0.05, 0) is 49.7 Å². The molecule has 0 aromatic carbocycles. The van der Waals surface area contributed by atoms with Crippen molar-refractivity contribution in [2.24, 2.45) is 5.92 Å². The fourth-order valence-corrected chi connectivity index (χ4v) is 3.15. The predicted octanol–water partition coefficient (Wildman–Crippen LogP) is 2.77. The highest BCUT2D eigenvalue weighted by molar-refractivity contribution is 5.27. The molecule has 1 unspecified atom stereocenters. The summed E-state index contributed by atoms with van der Waals surface area (Å²) in [5.74, 6) is 2.41. The van der Waals surface area contributed by atoms with Gasteiger partial charge in [0.1, 0.15) is 0 Å². The minimum absolute atomic E-state index is 0.516. The molecule has 1 N–H and O–H groups in total. The Morgan fingerprint density at radius 2 is 2.00 bits per heavy atom. The van der Waals surface area contributed by atoms with Gasteiger partial charge in [0.2, 0.25) is 5.89 Å². The van der Waals surface area contributed by atoms with Crippen LogP contribution in [0.4, 0.5) is 5.95 Å². The summed E-state index contributed by atoms with van der Waals surface area (Å²) < 4.78 is 5.50. The molecule has 0 amide bonds. The van der Waals surface area contributed by atoms with Crippen molar-refractivity contribution >= 4 is 5.95 Å². The van der Waals surface area contributed by atoms with Crippen molar-refractivity contribution < 1.29 is 4.52 Å². The first-order chi connectivity index (χ1) is 10.4. The van der Waals surface area contributed by atoms with Crippen LogP contribution >= 0.6 is 0 Å². The van der Waals surface area contributed by atoms with Gasteiger partial charge in [-0.1, -0.05) is 19.8 Å². The van der Waals surface area contributed by atoms with Crippen LogP contribution < -0.4 is 10.2 Å². The van der Waals surface area contributed by atoms with E-state index in [1.165, 1.54) is 44.9 Å². The molecule has 1 saturated carbocycles. The van der Waals surface area contributed by atoms with E-state index >= 15 is 0 Å². The average Bonchev–Trinajstić information content (AvgIpc) is 3.29. The molecule has 21 heavy (non-hydrogen) atoms. The van der Waals surface area contributed by atoms with Crippen LogP contribution in [0.15, 0.2) is 4.52 Å². The first kappa shape index (κ1) is 14.8. The second-order valence-corrected chi connectivity index (χ2v) is 6.49. The minimum Gasteiger partial charge on any atom is -0.338 e. The number of hydrogen-bond acceptors (Lipinski definition) is 5. The second-order valence-electron chi connectivity index (χ2n) is 6.49. The van der Waals surface area contributed by atoms with E-state index in [0.717, 1.165) is 43.8 Å². The summed E-state index contributed by atoms with van der Waals surface area (Å²) in [4.78, 5) is 6.93. The van der Waals surface area contributed by atoms with E-state index in [1.807, 2.05) is 0 Å². The van der Waals surface area contributed by atoms with E-state index in [1.54, 1.807) is 0 Å². The number of rotatable bonds is 7. The summed E-state index contributed by atoms with van der Waals surface area (Å²) in [7, 11) is 0. The maximum atomic E-state index is 5.50. The Balaban J connectivity index is 1.58. The first-order valence-electron chi connectivity index (χ1n) is 8.67. The van der Waals surface area contributed by atoms with Gasteiger partial charge < -0.3 is 14.7 Å². The summed E-state index contributed by atoms with van der Waals surface area (Å²) in [5.41, 5.74) is 0. The quantitative estimate of drug-likeness (QED) is 0.837. The van der Waals surface area contributed by atoms with Crippen LogP contribution in [0.3, 0.4) is 0 Å². The molecule has 5 heteroatoms. The van der Waals surface area contributed by atoms with Crippen molar-refractivity contribution in [3.05, 3.63) is 5.89 Å². The van der Waals surface area contributed by atoms with Gasteiger partial charge in [0, 0.05) is 25.6 Å². The molecule has 1 atom stereocenters. The SMILES string of the molecule is CCCNC(Cc1nc(N2CCCCCC2)no1)C1CC1. The standard InChI is InChI=1S/C16H28N4O/c1-2-9-17-14(13-7-8-13)12-15-18-16(19-21-15)20-10-5-3-4-6-11-20/h13-14,17H,2-12H2,1H3. The lowest BCUT2D eigenvalue weighted by atomic mass is 10.1. The highest BCUT2D eigenvalue weighted by Crippen LogP contribution is 2.34. The lowest BCUT2D eigenvalue weighted by molar-refractivity contribution is 0.345. The van der Waals surface area contributed by atoms with Gasteiger partial charge in [-0.2, -0.15) is 4.98 Å². The molecule has 1 aliphatic carbocycles. The fourth-order valence-electron chi connectivity index (χ4n) is 3.15. The van der Waals surface area contributed by atoms with Gasteiger partial charge in [-0.25, -0.2) is 0 Å². The fraction of sp³-hybridized carbons (Fsp3) is 0.875. The van der Waals surface area contributed by atoms with Crippen LogP contribution in [0.2, 0.25) is 0 Å². The number of aromatic nitrogens is 2. The summed E-state index contributed by atoms with van der Waals surface area (Å²) in [6, 6.07) is 0.516. The summed E-state index contributed by atoms with van der Waals surface area (Å²) in [6.45, 7) is 5.42. The third kappa shape index (κ3) is 4.19. The molecule has 1 aliphatic heterocycles. The van der Waals surface area contributed by atoms with E-state index in [2.05, 4.69) is 27.3 Å². The predicted molar refractivity (Wildman–Crippen MR) is 83.5 cm³/mol. The molecule has 1 saturated heterocycles. The van der Waals surface area contributed by atoms with Crippen LogP contribution in [0, 0.1) is 5.92 Å². The molecule has 118 valence electrons. The molecule has 2 fully saturated rings. The van der Waals surface area contributed by atoms with Crippen LogP contribution in [0.1, 0.15) is 57.8 Å². The third-order valence-electron chi connectivity index (χ3n) is 4.59. The number of hydrogen-bond donors (Lipinski definition) is 1. The molecule has 1 aromatic rings. The van der Waals surface area contributed by atoms with Crippen molar-refractivity contribution in [3.8, 4) is 0 Å². The van der Waals surface area contributed by atoms with E-state index in [-0.39, 0.29) is 0 Å². The molecule has 1 aromatic heterocycles. The van der Waals surface area contributed by atoms with Crippen LogP contribution in [0.5, 0.6) is 0 Å². The third-order valence-corrected chi connectivity index (χ3v) is 4.59. The highest BCUT2D eigenvalue weighted by Gasteiger charge is 2.32. The van der Waals surface area contributed by atoms with Gasteiger partial charge in [-0.3, -0.25) is 0 Å². The van der Waals surface area contributed by atoms with Crippen molar-refractivity contribution in [1.29, 1.82) is 0 Å². The molecule has 2 aliphatic rings. The van der Waals surface area contributed by atoms with Crippen molar-refractivity contribution in [1.82, 2.24) is 15.5 Å². The van der Waals surface area contributed by atoms with Crippen molar-refractivity contribution in [3.63, 3.8) is 0 Å². The zero-order chi connectivity index (χ0) is 14.5. The van der Waals surface area contributed by atoms with Gasteiger partial charge in [-0.15, -0.1) is 0 Å².